The van der Waals surface area contributed by atoms with Gasteiger partial charge in [0.1, 0.15) is 11.8 Å². The largest absolute Gasteiger partial charge is 0.508 e. The topological polar surface area (TPSA) is 71.2 Å². The number of pyridine rings is 1. The van der Waals surface area contributed by atoms with Crippen LogP contribution < -0.4 is 10.5 Å². The van der Waals surface area contributed by atoms with Gasteiger partial charge in [-0.05, 0) is 36.6 Å². The monoisotopic (exact) mass is 416 g/mol. The summed E-state index contributed by atoms with van der Waals surface area (Å²) >= 11 is 0. The van der Waals surface area contributed by atoms with Gasteiger partial charge < -0.3 is 10.0 Å². The van der Waals surface area contributed by atoms with Gasteiger partial charge in [-0.15, -0.1) is 0 Å². The molecule has 1 N–H and O–H groups in total. The van der Waals surface area contributed by atoms with Gasteiger partial charge in [-0.1, -0.05) is 18.2 Å². The van der Waals surface area contributed by atoms with Crippen LogP contribution in [-0.4, -0.2) is 38.4 Å². The van der Waals surface area contributed by atoms with Crippen LogP contribution >= 0.6 is 0 Å². The van der Waals surface area contributed by atoms with Crippen molar-refractivity contribution in [1.29, 1.82) is 0 Å². The summed E-state index contributed by atoms with van der Waals surface area (Å²) in [5.41, 5.74) is 1.02. The molecule has 1 atom stereocenters. The molecule has 1 aliphatic heterocycles. The second-order valence-electron chi connectivity index (χ2n) is 7.09. The Hall–Kier alpha value is -3.36. The number of hydrogen-bond donors (Lipinski definition) is 1. The number of para-hydroxylation sites is 1. The van der Waals surface area contributed by atoms with E-state index in [2.05, 4.69) is 9.97 Å². The fraction of sp³-hybridized carbons (Fsp3) is 0.286. The van der Waals surface area contributed by atoms with E-state index in [0.29, 0.717) is 16.8 Å². The van der Waals surface area contributed by atoms with E-state index in [4.69, 9.17) is 0 Å². The number of nitrogens with zero attached hydrogens (tertiary/aromatic N) is 4. The molecular formula is C21H19F3N4O2. The Balaban J connectivity index is 1.76. The molecule has 0 amide bonds. The van der Waals surface area contributed by atoms with Gasteiger partial charge in [-0.3, -0.25) is 14.3 Å². The fourth-order valence-electron chi connectivity index (χ4n) is 3.70. The maximum absolute atomic E-state index is 13.8. The zero-order valence-corrected chi connectivity index (χ0v) is 15.9. The molecule has 0 saturated heterocycles. The molecule has 0 bridgehead atoms. The van der Waals surface area contributed by atoms with Gasteiger partial charge in [-0.25, -0.2) is 4.98 Å². The molecule has 156 valence electrons. The first-order chi connectivity index (χ1) is 14.3. The lowest BCUT2D eigenvalue weighted by molar-refractivity contribution is -0.152. The maximum atomic E-state index is 13.8. The molecule has 6 nitrogen and oxygen atoms in total. The van der Waals surface area contributed by atoms with Crippen LogP contribution in [0.5, 0.6) is 5.75 Å². The first kappa shape index (κ1) is 19.9. The van der Waals surface area contributed by atoms with Crippen LogP contribution in [0.4, 0.5) is 19.1 Å². The zero-order chi connectivity index (χ0) is 21.3. The third-order valence-corrected chi connectivity index (χ3v) is 5.21. The van der Waals surface area contributed by atoms with Crippen molar-refractivity contribution in [2.24, 2.45) is 0 Å². The average molecular weight is 416 g/mol. The number of phenols is 1. The normalized spacial score (nSPS) is 16.4. The van der Waals surface area contributed by atoms with Gasteiger partial charge in [0.05, 0.1) is 5.69 Å². The molecule has 1 unspecified atom stereocenters. The molecule has 4 rings (SSSR count). The van der Waals surface area contributed by atoms with Gasteiger partial charge in [0.2, 0.25) is 5.95 Å². The lowest BCUT2D eigenvalue weighted by Crippen LogP contribution is -2.53. The molecule has 0 radical (unpaired) electrons. The SMILES string of the molecule is O=c1cc(-c2ccncc2)nc2n1CCC(C(F)(F)F)N2CCc1ccccc1O. The van der Waals surface area contributed by atoms with Crippen molar-refractivity contribution in [2.75, 3.05) is 11.4 Å². The molecular weight excluding hydrogens is 397 g/mol. The number of aromatic hydroxyl groups is 1. The molecule has 3 aromatic rings. The highest BCUT2D eigenvalue weighted by Gasteiger charge is 2.46. The quantitative estimate of drug-likeness (QED) is 0.706. The molecule has 2 aromatic heterocycles. The number of rotatable bonds is 4. The summed E-state index contributed by atoms with van der Waals surface area (Å²) in [7, 11) is 0. The third-order valence-electron chi connectivity index (χ3n) is 5.21. The molecule has 1 aromatic carbocycles. The Morgan fingerprint density at radius 3 is 2.57 bits per heavy atom. The zero-order valence-electron chi connectivity index (χ0n) is 15.9. The molecule has 0 fully saturated rings. The number of benzene rings is 1. The van der Waals surface area contributed by atoms with Crippen molar-refractivity contribution in [3.05, 3.63) is 70.8 Å². The summed E-state index contributed by atoms with van der Waals surface area (Å²) in [6.45, 7) is -0.108. The first-order valence-corrected chi connectivity index (χ1v) is 9.47. The maximum Gasteiger partial charge on any atom is 0.408 e. The number of alkyl halides is 3. The Bertz CT molecular complexity index is 1100. The minimum Gasteiger partial charge on any atom is -0.508 e. The van der Waals surface area contributed by atoms with E-state index in [1.54, 1.807) is 30.3 Å². The Morgan fingerprint density at radius 1 is 1.13 bits per heavy atom. The van der Waals surface area contributed by atoms with Crippen molar-refractivity contribution in [1.82, 2.24) is 14.5 Å². The van der Waals surface area contributed by atoms with Crippen molar-refractivity contribution in [3.63, 3.8) is 0 Å². The van der Waals surface area contributed by atoms with E-state index in [1.807, 2.05) is 0 Å². The van der Waals surface area contributed by atoms with Gasteiger partial charge >= 0.3 is 6.18 Å². The lowest BCUT2D eigenvalue weighted by Gasteiger charge is -2.39. The molecule has 9 heteroatoms. The third kappa shape index (κ3) is 3.87. The summed E-state index contributed by atoms with van der Waals surface area (Å²) in [6, 6.07) is 9.38. The van der Waals surface area contributed by atoms with Crippen LogP contribution in [0, 0.1) is 0 Å². The van der Waals surface area contributed by atoms with Gasteiger partial charge in [0, 0.05) is 37.1 Å². The summed E-state index contributed by atoms with van der Waals surface area (Å²) in [5, 5.41) is 9.98. The number of halogens is 3. The van der Waals surface area contributed by atoms with Gasteiger partial charge in [0.25, 0.3) is 5.56 Å². The van der Waals surface area contributed by atoms with E-state index in [0.717, 1.165) is 4.90 Å². The van der Waals surface area contributed by atoms with Crippen molar-refractivity contribution < 1.29 is 18.3 Å². The summed E-state index contributed by atoms with van der Waals surface area (Å²) < 4.78 is 42.7. The van der Waals surface area contributed by atoms with E-state index >= 15 is 0 Å². The first-order valence-electron chi connectivity index (χ1n) is 9.47. The molecule has 0 saturated carbocycles. The number of hydrogen-bond acceptors (Lipinski definition) is 5. The molecule has 0 spiro atoms. The standard InChI is InChI=1S/C21H19F3N4O2/c22-21(23,24)18-8-12-28-19(30)13-16(14-5-9-25-10-6-14)26-20(28)27(18)11-7-15-3-1-2-4-17(15)29/h1-6,9-10,13,18,29H,7-8,11-12H2. The Labute approximate surface area is 170 Å². The molecule has 1 aliphatic rings. The van der Waals surface area contributed by atoms with Crippen LogP contribution in [0.15, 0.2) is 59.7 Å². The highest BCUT2D eigenvalue weighted by molar-refractivity contribution is 5.60. The molecule has 3 heterocycles. The summed E-state index contributed by atoms with van der Waals surface area (Å²) in [4.78, 5) is 22.1. The van der Waals surface area contributed by atoms with Crippen LogP contribution in [0.3, 0.4) is 0 Å². The Kier molecular flexibility index (Phi) is 5.19. The number of phenolic OH excluding ortho intramolecular Hbond substituents is 1. The van der Waals surface area contributed by atoms with Crippen molar-refractivity contribution in [3.8, 4) is 17.0 Å². The smallest absolute Gasteiger partial charge is 0.408 e. The minimum atomic E-state index is -4.48. The van der Waals surface area contributed by atoms with E-state index in [1.165, 1.54) is 29.1 Å². The number of anilines is 1. The van der Waals surface area contributed by atoms with Crippen LogP contribution in [0.1, 0.15) is 12.0 Å². The van der Waals surface area contributed by atoms with Crippen LogP contribution in [0.25, 0.3) is 11.3 Å². The van der Waals surface area contributed by atoms with Crippen LogP contribution in [-0.2, 0) is 13.0 Å². The predicted molar refractivity (Wildman–Crippen MR) is 105 cm³/mol. The van der Waals surface area contributed by atoms with E-state index in [-0.39, 0.29) is 37.6 Å². The second kappa shape index (κ2) is 7.81. The molecule has 0 aliphatic carbocycles. The summed E-state index contributed by atoms with van der Waals surface area (Å²) in [5.74, 6) is 0.00672. The highest BCUT2D eigenvalue weighted by atomic mass is 19.4. The van der Waals surface area contributed by atoms with Crippen molar-refractivity contribution >= 4 is 5.95 Å². The average Bonchev–Trinajstić information content (AvgIpc) is 2.73. The van der Waals surface area contributed by atoms with E-state index in [9.17, 15) is 23.1 Å². The second-order valence-corrected chi connectivity index (χ2v) is 7.09. The molecule has 30 heavy (non-hydrogen) atoms. The highest BCUT2D eigenvalue weighted by Crippen LogP contribution is 2.34. The van der Waals surface area contributed by atoms with Crippen LogP contribution in [0.2, 0.25) is 0 Å². The number of fused-ring (bicyclic) bond motifs is 1. The number of aromatic nitrogens is 3. The fourth-order valence-corrected chi connectivity index (χ4v) is 3.70. The summed E-state index contributed by atoms with van der Waals surface area (Å²) in [6.07, 6.45) is -1.48. The van der Waals surface area contributed by atoms with Gasteiger partial charge in [-0.2, -0.15) is 13.2 Å². The van der Waals surface area contributed by atoms with Crippen molar-refractivity contribution in [2.45, 2.75) is 31.6 Å². The van der Waals surface area contributed by atoms with E-state index < -0.39 is 17.8 Å². The lowest BCUT2D eigenvalue weighted by atomic mass is 10.1. The predicted octanol–water partition coefficient (Wildman–Crippen LogP) is 3.39. The minimum absolute atomic E-state index is 0.0155. The Morgan fingerprint density at radius 2 is 1.87 bits per heavy atom. The van der Waals surface area contributed by atoms with Gasteiger partial charge in [0.15, 0.2) is 0 Å².